The molecule has 2 atom stereocenters. The van der Waals surface area contributed by atoms with Gasteiger partial charge in [0.05, 0.1) is 5.41 Å². The molecule has 1 saturated heterocycles. The van der Waals surface area contributed by atoms with E-state index in [1.807, 2.05) is 6.92 Å². The second-order valence-corrected chi connectivity index (χ2v) is 8.77. The lowest BCUT2D eigenvalue weighted by molar-refractivity contribution is -0.135. The molecule has 1 heterocycles. The molecule has 1 aliphatic heterocycles. The number of hydrogen-bond donors (Lipinski definition) is 1. The van der Waals surface area contributed by atoms with Gasteiger partial charge in [0, 0.05) is 12.3 Å². The number of rotatable bonds is 5. The average Bonchev–Trinajstić information content (AvgIpc) is 3.46. The van der Waals surface area contributed by atoms with Gasteiger partial charge in [-0.1, -0.05) is 52.8 Å². The Morgan fingerprint density at radius 3 is 2.21 bits per heavy atom. The van der Waals surface area contributed by atoms with E-state index in [4.69, 9.17) is 0 Å². The molecule has 1 aromatic carbocycles. The van der Waals surface area contributed by atoms with Crippen molar-refractivity contribution in [3.8, 4) is 0 Å². The van der Waals surface area contributed by atoms with Crippen LogP contribution in [0.5, 0.6) is 0 Å². The van der Waals surface area contributed by atoms with E-state index in [-0.39, 0.29) is 23.1 Å². The molecular weight excluding hydrogens is 350 g/mol. The van der Waals surface area contributed by atoms with Gasteiger partial charge in [-0.25, -0.2) is 0 Å². The van der Waals surface area contributed by atoms with Crippen LogP contribution in [0.4, 0.5) is 0 Å². The molecule has 1 aromatic rings. The Kier molecular flexibility index (Phi) is 7.19. The van der Waals surface area contributed by atoms with Crippen LogP contribution in [0.15, 0.2) is 18.2 Å². The first kappa shape index (κ1) is 22.3. The fourth-order valence-electron chi connectivity index (χ4n) is 3.96. The predicted molar refractivity (Wildman–Crippen MR) is 112 cm³/mol. The highest BCUT2D eigenvalue weighted by atomic mass is 16.2. The smallest absolute Gasteiger partial charge is 0.229 e. The first-order valence-electron chi connectivity index (χ1n) is 10.6. The van der Waals surface area contributed by atoms with Gasteiger partial charge < -0.3 is 0 Å². The number of hydrogen-bond acceptors (Lipinski definition) is 3. The van der Waals surface area contributed by atoms with Crippen LogP contribution >= 0.6 is 0 Å². The zero-order chi connectivity index (χ0) is 21.1. The number of nitrogens with one attached hydrogen (secondary N) is 1. The maximum absolute atomic E-state index is 12.2. The third-order valence-corrected chi connectivity index (χ3v) is 6.31. The molecule has 2 unspecified atom stereocenters. The average molecular weight is 386 g/mol. The van der Waals surface area contributed by atoms with Crippen molar-refractivity contribution < 1.29 is 14.4 Å². The number of benzene rings is 1. The van der Waals surface area contributed by atoms with Gasteiger partial charge in [-0.15, -0.1) is 0 Å². The Hall–Kier alpha value is -1.97. The molecule has 1 saturated carbocycles. The molecule has 2 aliphatic rings. The molecular formula is C24H35NO3. The van der Waals surface area contributed by atoms with Crippen molar-refractivity contribution in [2.24, 2.45) is 5.92 Å². The second-order valence-electron chi connectivity index (χ2n) is 8.77. The molecule has 0 radical (unpaired) electrons. The summed E-state index contributed by atoms with van der Waals surface area (Å²) in [6.07, 6.45) is 4.39. The van der Waals surface area contributed by atoms with E-state index in [0.717, 1.165) is 19.3 Å². The lowest BCUT2D eigenvalue weighted by Gasteiger charge is -2.26. The fraction of sp³-hybridized carbons (Fsp3) is 0.625. The van der Waals surface area contributed by atoms with Gasteiger partial charge in [0.25, 0.3) is 0 Å². The summed E-state index contributed by atoms with van der Waals surface area (Å²) in [6.45, 7) is 12.6. The zero-order valence-corrected chi connectivity index (χ0v) is 18.2. The highest BCUT2D eigenvalue weighted by Gasteiger charge is 2.51. The predicted octanol–water partition coefficient (Wildman–Crippen LogP) is 5.00. The van der Waals surface area contributed by atoms with Gasteiger partial charge in [0.15, 0.2) is 0 Å². The first-order chi connectivity index (χ1) is 13.1. The van der Waals surface area contributed by atoms with Crippen LogP contribution < -0.4 is 5.32 Å². The van der Waals surface area contributed by atoms with E-state index in [9.17, 15) is 14.4 Å². The molecule has 3 rings (SSSR count). The van der Waals surface area contributed by atoms with Crippen LogP contribution in [0.25, 0.3) is 0 Å². The minimum atomic E-state index is -0.153. The van der Waals surface area contributed by atoms with E-state index in [2.05, 4.69) is 51.2 Å². The summed E-state index contributed by atoms with van der Waals surface area (Å²) >= 11 is 0. The van der Waals surface area contributed by atoms with Crippen molar-refractivity contribution in [3.63, 3.8) is 0 Å². The molecule has 28 heavy (non-hydrogen) atoms. The van der Waals surface area contributed by atoms with Crippen molar-refractivity contribution in [2.75, 3.05) is 0 Å². The number of piperidine rings is 1. The summed E-state index contributed by atoms with van der Waals surface area (Å²) in [6, 6.07) is 6.61. The van der Waals surface area contributed by atoms with Crippen molar-refractivity contribution in [1.82, 2.24) is 5.32 Å². The third-order valence-electron chi connectivity index (χ3n) is 6.31. The Balaban J connectivity index is 0.000000261. The topological polar surface area (TPSA) is 63.2 Å². The summed E-state index contributed by atoms with van der Waals surface area (Å²) in [5.41, 5.74) is 4.00. The minimum absolute atomic E-state index is 0.0164. The number of ketones is 1. The molecule has 1 aliphatic carbocycles. The van der Waals surface area contributed by atoms with Gasteiger partial charge >= 0.3 is 0 Å². The molecule has 2 amide bonds. The highest BCUT2D eigenvalue weighted by molar-refractivity contribution is 5.98. The van der Waals surface area contributed by atoms with Crippen LogP contribution in [-0.4, -0.2) is 17.6 Å². The zero-order valence-electron chi connectivity index (χ0n) is 18.2. The monoisotopic (exact) mass is 385 g/mol. The van der Waals surface area contributed by atoms with Crippen molar-refractivity contribution in [3.05, 3.63) is 34.9 Å². The molecule has 0 spiro atoms. The molecule has 0 bridgehead atoms. The number of imide groups is 1. The molecule has 0 aromatic heterocycles. The number of carbonyl (C=O) groups is 3. The molecule has 4 heteroatoms. The number of carbonyl (C=O) groups excluding carboxylic acids is 3. The summed E-state index contributed by atoms with van der Waals surface area (Å²) in [7, 11) is 0. The lowest BCUT2D eigenvalue weighted by atomic mass is 9.78. The second kappa shape index (κ2) is 9.02. The van der Waals surface area contributed by atoms with Gasteiger partial charge in [-0.2, -0.15) is 0 Å². The molecule has 4 nitrogen and oxygen atoms in total. The Morgan fingerprint density at radius 2 is 1.79 bits per heavy atom. The van der Waals surface area contributed by atoms with Gasteiger partial charge in [-0.3, -0.25) is 19.7 Å². The summed E-state index contributed by atoms with van der Waals surface area (Å²) < 4.78 is 0. The van der Waals surface area contributed by atoms with Crippen molar-refractivity contribution in [2.45, 2.75) is 90.9 Å². The fourth-order valence-corrected chi connectivity index (χ4v) is 3.96. The third kappa shape index (κ3) is 4.71. The maximum atomic E-state index is 12.2. The summed E-state index contributed by atoms with van der Waals surface area (Å²) in [5, 5.41) is 2.25. The SMILES string of the molecule is CC1CCC(=O)NC1=O.CCC(C)c1cccc(C(C)C)c1C1(C(C)=O)CC1. The Labute approximate surface area is 169 Å². The summed E-state index contributed by atoms with van der Waals surface area (Å²) in [5.74, 6) is 1.11. The maximum Gasteiger partial charge on any atom is 0.229 e. The first-order valence-corrected chi connectivity index (χ1v) is 10.6. The van der Waals surface area contributed by atoms with E-state index in [1.165, 1.54) is 16.7 Å². The van der Waals surface area contributed by atoms with Crippen LogP contribution in [-0.2, 0) is 19.8 Å². The van der Waals surface area contributed by atoms with E-state index < -0.39 is 0 Å². The number of amides is 2. The lowest BCUT2D eigenvalue weighted by Crippen LogP contribution is -2.39. The van der Waals surface area contributed by atoms with Crippen LogP contribution in [0.2, 0.25) is 0 Å². The number of Topliss-reactive ketones (excluding diaryl/α,β-unsaturated/α-hetero) is 1. The molecule has 154 valence electrons. The quantitative estimate of drug-likeness (QED) is 0.725. The normalized spacial score (nSPS) is 21.5. The minimum Gasteiger partial charge on any atom is -0.299 e. The molecule has 2 fully saturated rings. The van der Waals surface area contributed by atoms with Crippen molar-refractivity contribution >= 4 is 17.6 Å². The van der Waals surface area contributed by atoms with Gasteiger partial charge in [-0.05, 0) is 61.1 Å². The van der Waals surface area contributed by atoms with E-state index >= 15 is 0 Å². The van der Waals surface area contributed by atoms with Crippen molar-refractivity contribution in [1.29, 1.82) is 0 Å². The largest absolute Gasteiger partial charge is 0.299 e. The van der Waals surface area contributed by atoms with Gasteiger partial charge in [0.2, 0.25) is 11.8 Å². The van der Waals surface area contributed by atoms with E-state index in [0.29, 0.717) is 30.5 Å². The Morgan fingerprint density at radius 1 is 1.18 bits per heavy atom. The Bertz CT molecular complexity index is 746. The standard InChI is InChI=1S/C18H26O.C6H9NO2/c1-6-13(4)16-9-7-8-15(12(2)3)17(16)18(10-11-18)14(5)19;1-4-2-3-5(8)7-6(4)9/h7-9,12-13H,6,10-11H2,1-5H3;4H,2-3H2,1H3,(H,7,8,9). The van der Waals surface area contributed by atoms with Crippen LogP contribution in [0.3, 0.4) is 0 Å². The highest BCUT2D eigenvalue weighted by Crippen LogP contribution is 2.53. The van der Waals surface area contributed by atoms with Crippen LogP contribution in [0, 0.1) is 5.92 Å². The van der Waals surface area contributed by atoms with Crippen LogP contribution in [0.1, 0.15) is 102 Å². The molecule has 1 N–H and O–H groups in total. The summed E-state index contributed by atoms with van der Waals surface area (Å²) in [4.78, 5) is 33.3. The van der Waals surface area contributed by atoms with E-state index in [1.54, 1.807) is 6.92 Å². The van der Waals surface area contributed by atoms with Gasteiger partial charge in [0.1, 0.15) is 5.78 Å².